The fourth-order valence-corrected chi connectivity index (χ4v) is 3.25. The minimum atomic E-state index is -0.338. The molecule has 1 saturated heterocycles. The van der Waals surface area contributed by atoms with Crippen LogP contribution in [0, 0.1) is 10.1 Å². The van der Waals surface area contributed by atoms with Gasteiger partial charge in [-0.1, -0.05) is 12.1 Å². The average Bonchev–Trinajstić information content (AvgIpc) is 2.27. The van der Waals surface area contributed by atoms with Gasteiger partial charge in [-0.3, -0.25) is 10.1 Å². The predicted molar refractivity (Wildman–Crippen MR) is 70.5 cm³/mol. The molecule has 1 fully saturated rings. The summed E-state index contributed by atoms with van der Waals surface area (Å²) in [7, 11) is 0. The molecular weight excluding hydrogens is 252 g/mol. The summed E-state index contributed by atoms with van der Waals surface area (Å²) in [5.74, 6) is 0. The first-order valence-corrected chi connectivity index (χ1v) is 6.65. The van der Waals surface area contributed by atoms with Crippen molar-refractivity contribution in [2.24, 2.45) is 0 Å². The fraction of sp³-hybridized carbons (Fsp3) is 0.500. The molecule has 2 unspecified atom stereocenters. The first-order chi connectivity index (χ1) is 8.56. The quantitative estimate of drug-likeness (QED) is 0.479. The molecule has 1 aromatic carbocycles. The molecule has 1 aliphatic rings. The SMILES string of the molecule is CC1CN(Sc2ccccc2[N+](=O)[O-])CC(C)O1. The number of nitro groups is 1. The van der Waals surface area contributed by atoms with Crippen LogP contribution in [-0.4, -0.2) is 34.5 Å². The maximum Gasteiger partial charge on any atom is 0.284 e. The molecule has 5 nitrogen and oxygen atoms in total. The summed E-state index contributed by atoms with van der Waals surface area (Å²) >= 11 is 1.44. The van der Waals surface area contributed by atoms with E-state index >= 15 is 0 Å². The van der Waals surface area contributed by atoms with E-state index in [1.807, 2.05) is 19.9 Å². The van der Waals surface area contributed by atoms with E-state index in [-0.39, 0.29) is 22.8 Å². The molecule has 1 heterocycles. The molecule has 98 valence electrons. The fourth-order valence-electron chi connectivity index (χ4n) is 2.03. The van der Waals surface area contributed by atoms with Crippen LogP contribution in [0.3, 0.4) is 0 Å². The predicted octanol–water partition coefficient (Wildman–Crippen LogP) is 2.71. The van der Waals surface area contributed by atoms with Crippen LogP contribution < -0.4 is 0 Å². The number of benzene rings is 1. The highest BCUT2D eigenvalue weighted by atomic mass is 32.2. The Morgan fingerprint density at radius 3 is 2.56 bits per heavy atom. The monoisotopic (exact) mass is 268 g/mol. The molecular formula is C12H16N2O3S. The summed E-state index contributed by atoms with van der Waals surface area (Å²) in [6.45, 7) is 5.59. The van der Waals surface area contributed by atoms with Crippen LogP contribution in [0.25, 0.3) is 0 Å². The molecule has 0 N–H and O–H groups in total. The van der Waals surface area contributed by atoms with Gasteiger partial charge in [0.25, 0.3) is 5.69 Å². The topological polar surface area (TPSA) is 55.6 Å². The maximum atomic E-state index is 10.9. The van der Waals surface area contributed by atoms with Gasteiger partial charge in [0, 0.05) is 19.2 Å². The summed E-state index contributed by atoms with van der Waals surface area (Å²) < 4.78 is 7.77. The Hall–Kier alpha value is -1.11. The Balaban J connectivity index is 2.11. The van der Waals surface area contributed by atoms with E-state index < -0.39 is 0 Å². The van der Waals surface area contributed by atoms with Crippen LogP contribution in [0.5, 0.6) is 0 Å². The van der Waals surface area contributed by atoms with Crippen molar-refractivity contribution in [3.63, 3.8) is 0 Å². The summed E-state index contributed by atoms with van der Waals surface area (Å²) in [4.78, 5) is 11.3. The number of morpholine rings is 1. The van der Waals surface area contributed by atoms with Crippen molar-refractivity contribution in [3.8, 4) is 0 Å². The number of hydrogen-bond acceptors (Lipinski definition) is 5. The van der Waals surface area contributed by atoms with E-state index in [1.54, 1.807) is 12.1 Å². The molecule has 0 amide bonds. The molecule has 2 rings (SSSR count). The summed E-state index contributed by atoms with van der Waals surface area (Å²) in [6.07, 6.45) is 0.313. The zero-order valence-electron chi connectivity index (χ0n) is 10.4. The second-order valence-electron chi connectivity index (χ2n) is 4.42. The largest absolute Gasteiger partial charge is 0.373 e. The summed E-state index contributed by atoms with van der Waals surface area (Å²) in [5.41, 5.74) is 0.161. The van der Waals surface area contributed by atoms with Crippen molar-refractivity contribution in [3.05, 3.63) is 34.4 Å². The number of rotatable bonds is 3. The van der Waals surface area contributed by atoms with Crippen molar-refractivity contribution in [2.45, 2.75) is 31.0 Å². The van der Waals surface area contributed by atoms with Crippen LogP contribution in [-0.2, 0) is 4.74 Å². The van der Waals surface area contributed by atoms with Crippen LogP contribution in [0.15, 0.2) is 29.2 Å². The van der Waals surface area contributed by atoms with E-state index in [9.17, 15) is 10.1 Å². The van der Waals surface area contributed by atoms with E-state index in [2.05, 4.69) is 4.31 Å². The van der Waals surface area contributed by atoms with Crippen molar-refractivity contribution in [2.75, 3.05) is 13.1 Å². The highest BCUT2D eigenvalue weighted by Crippen LogP contribution is 2.32. The third-order valence-electron chi connectivity index (χ3n) is 2.68. The lowest BCUT2D eigenvalue weighted by Gasteiger charge is -2.34. The van der Waals surface area contributed by atoms with E-state index in [0.717, 1.165) is 13.1 Å². The number of para-hydroxylation sites is 1. The van der Waals surface area contributed by atoms with Crippen molar-refractivity contribution in [1.29, 1.82) is 0 Å². The highest BCUT2D eigenvalue weighted by Gasteiger charge is 2.25. The average molecular weight is 268 g/mol. The van der Waals surface area contributed by atoms with Gasteiger partial charge in [0.1, 0.15) is 4.90 Å². The van der Waals surface area contributed by atoms with Gasteiger partial charge in [-0.15, -0.1) is 0 Å². The van der Waals surface area contributed by atoms with E-state index in [1.165, 1.54) is 18.0 Å². The zero-order valence-corrected chi connectivity index (χ0v) is 11.2. The van der Waals surface area contributed by atoms with Gasteiger partial charge in [-0.05, 0) is 31.9 Å². The molecule has 0 aromatic heterocycles. The second-order valence-corrected chi connectivity index (χ2v) is 5.56. The third kappa shape index (κ3) is 3.22. The lowest BCUT2D eigenvalue weighted by molar-refractivity contribution is -0.387. The van der Waals surface area contributed by atoms with Gasteiger partial charge < -0.3 is 4.74 Å². The number of nitrogens with zero attached hydrogens (tertiary/aromatic N) is 2. The van der Waals surface area contributed by atoms with Crippen molar-refractivity contribution in [1.82, 2.24) is 4.31 Å². The van der Waals surface area contributed by atoms with E-state index in [4.69, 9.17) is 4.74 Å². The zero-order chi connectivity index (χ0) is 13.1. The lowest BCUT2D eigenvalue weighted by Crippen LogP contribution is -2.41. The number of nitro benzene ring substituents is 1. The minimum Gasteiger partial charge on any atom is -0.373 e. The molecule has 18 heavy (non-hydrogen) atoms. The first-order valence-electron chi connectivity index (χ1n) is 5.88. The minimum absolute atomic E-state index is 0.156. The van der Waals surface area contributed by atoms with Crippen molar-refractivity contribution >= 4 is 17.6 Å². The highest BCUT2D eigenvalue weighted by molar-refractivity contribution is 7.97. The van der Waals surface area contributed by atoms with Crippen LogP contribution in [0.2, 0.25) is 0 Å². The molecule has 6 heteroatoms. The lowest BCUT2D eigenvalue weighted by atomic mass is 10.3. The van der Waals surface area contributed by atoms with Gasteiger partial charge in [-0.25, -0.2) is 4.31 Å². The Bertz CT molecular complexity index is 431. The number of hydrogen-bond donors (Lipinski definition) is 0. The molecule has 1 aromatic rings. The van der Waals surface area contributed by atoms with Crippen LogP contribution in [0.1, 0.15) is 13.8 Å². The van der Waals surface area contributed by atoms with Gasteiger partial charge in [0.2, 0.25) is 0 Å². The Labute approximate surface area is 110 Å². The molecule has 0 bridgehead atoms. The molecule has 0 radical (unpaired) electrons. The maximum absolute atomic E-state index is 10.9. The Kier molecular flexibility index (Phi) is 4.21. The molecule has 0 aliphatic carbocycles. The van der Waals surface area contributed by atoms with Gasteiger partial charge >= 0.3 is 0 Å². The second kappa shape index (κ2) is 5.69. The normalized spacial score (nSPS) is 25.0. The van der Waals surface area contributed by atoms with Gasteiger partial charge in [0.15, 0.2) is 0 Å². The molecule has 0 saturated carbocycles. The summed E-state index contributed by atoms with van der Waals surface area (Å²) in [5, 5.41) is 10.9. The third-order valence-corrected chi connectivity index (χ3v) is 3.77. The smallest absolute Gasteiger partial charge is 0.284 e. The Morgan fingerprint density at radius 2 is 1.94 bits per heavy atom. The molecule has 0 spiro atoms. The van der Waals surface area contributed by atoms with Gasteiger partial charge in [-0.2, -0.15) is 0 Å². The Morgan fingerprint density at radius 1 is 1.33 bits per heavy atom. The number of ether oxygens (including phenoxy) is 1. The molecule has 2 atom stereocenters. The van der Waals surface area contributed by atoms with Crippen molar-refractivity contribution < 1.29 is 9.66 Å². The standard InChI is InChI=1S/C12H16N2O3S/c1-9-7-13(8-10(2)17-9)18-12-6-4-3-5-11(12)14(15)16/h3-6,9-10H,7-8H2,1-2H3. The van der Waals surface area contributed by atoms with E-state index in [0.29, 0.717) is 4.90 Å². The summed E-state index contributed by atoms with van der Waals surface area (Å²) in [6, 6.07) is 6.83. The first kappa shape index (κ1) is 13.3. The van der Waals surface area contributed by atoms with Crippen LogP contribution >= 0.6 is 11.9 Å². The van der Waals surface area contributed by atoms with Crippen LogP contribution in [0.4, 0.5) is 5.69 Å². The van der Waals surface area contributed by atoms with Gasteiger partial charge in [0.05, 0.1) is 17.1 Å². The molecule has 1 aliphatic heterocycles.